The Morgan fingerprint density at radius 1 is 0.879 bits per heavy atom. The van der Waals surface area contributed by atoms with Crippen LogP contribution < -0.4 is 15.2 Å². The van der Waals surface area contributed by atoms with Crippen molar-refractivity contribution in [1.29, 1.82) is 0 Å². The van der Waals surface area contributed by atoms with Crippen molar-refractivity contribution < 1.29 is 14.6 Å². The molecule has 2 heterocycles. The molecule has 170 valence electrons. The Morgan fingerprint density at radius 2 is 1.67 bits per heavy atom. The second-order valence-electron chi connectivity index (χ2n) is 8.37. The second kappa shape index (κ2) is 9.73. The summed E-state index contributed by atoms with van der Waals surface area (Å²) in [5.41, 5.74) is 8.10. The van der Waals surface area contributed by atoms with Gasteiger partial charge in [-0.15, -0.1) is 11.3 Å². The molecule has 1 saturated heterocycles. The van der Waals surface area contributed by atoms with Gasteiger partial charge in [-0.25, -0.2) is 0 Å². The third-order valence-electron chi connectivity index (χ3n) is 6.11. The standard InChI is InChI=1S/C27H28N2O3S/c28-27-25(12-17-33-27)24-10-4-19-18-20(30)5-11-23(19)26(24)32-22-8-6-21(7-9-22)31-16-15-29-13-2-1-3-14-29/h4-12,17-18,30H,1-3,13-16,28H2. The number of phenolic OH excluding ortho intramolecular Hbond substituents is 1. The number of phenols is 1. The largest absolute Gasteiger partial charge is 0.508 e. The molecule has 0 unspecified atom stereocenters. The lowest BCUT2D eigenvalue weighted by Gasteiger charge is -2.26. The van der Waals surface area contributed by atoms with Gasteiger partial charge in [0.05, 0.1) is 5.00 Å². The van der Waals surface area contributed by atoms with Crippen molar-refractivity contribution in [3.63, 3.8) is 0 Å². The quantitative estimate of drug-likeness (QED) is 0.329. The van der Waals surface area contributed by atoms with Gasteiger partial charge in [-0.1, -0.05) is 12.5 Å². The van der Waals surface area contributed by atoms with Crippen molar-refractivity contribution in [2.24, 2.45) is 0 Å². The van der Waals surface area contributed by atoms with E-state index in [4.69, 9.17) is 15.2 Å². The minimum absolute atomic E-state index is 0.224. The van der Waals surface area contributed by atoms with Gasteiger partial charge >= 0.3 is 0 Å². The third kappa shape index (κ3) is 4.92. The van der Waals surface area contributed by atoms with Gasteiger partial charge in [0.2, 0.25) is 0 Å². The zero-order valence-corrected chi connectivity index (χ0v) is 19.3. The van der Waals surface area contributed by atoms with E-state index in [0.717, 1.165) is 44.9 Å². The maximum atomic E-state index is 9.92. The van der Waals surface area contributed by atoms with Crippen molar-refractivity contribution >= 4 is 27.1 Å². The molecule has 0 radical (unpaired) electrons. The van der Waals surface area contributed by atoms with E-state index in [-0.39, 0.29) is 5.75 Å². The molecule has 5 nitrogen and oxygen atoms in total. The Hall–Kier alpha value is -3.22. The summed E-state index contributed by atoms with van der Waals surface area (Å²) in [5.74, 6) is 2.50. The molecule has 6 heteroatoms. The molecular weight excluding hydrogens is 432 g/mol. The zero-order valence-electron chi connectivity index (χ0n) is 18.5. The normalized spacial score (nSPS) is 14.4. The Balaban J connectivity index is 1.36. The molecule has 0 amide bonds. The third-order valence-corrected chi connectivity index (χ3v) is 6.85. The van der Waals surface area contributed by atoms with Crippen LogP contribution in [-0.4, -0.2) is 36.2 Å². The number of nitrogens with two attached hydrogens (primary N) is 1. The predicted molar refractivity (Wildman–Crippen MR) is 136 cm³/mol. The zero-order chi connectivity index (χ0) is 22.6. The number of thiophene rings is 1. The van der Waals surface area contributed by atoms with Gasteiger partial charge in [0.15, 0.2) is 0 Å². The fraction of sp³-hybridized carbons (Fsp3) is 0.259. The van der Waals surface area contributed by atoms with Gasteiger partial charge in [-0.05, 0) is 91.3 Å². The van der Waals surface area contributed by atoms with E-state index in [1.54, 1.807) is 12.1 Å². The van der Waals surface area contributed by atoms with Gasteiger partial charge < -0.3 is 20.3 Å². The number of ether oxygens (including phenoxy) is 2. The van der Waals surface area contributed by atoms with Crippen LogP contribution >= 0.6 is 11.3 Å². The number of hydrogen-bond donors (Lipinski definition) is 2. The molecule has 0 aliphatic carbocycles. The van der Waals surface area contributed by atoms with Crippen LogP contribution in [0.3, 0.4) is 0 Å². The van der Waals surface area contributed by atoms with Crippen LogP contribution in [0.25, 0.3) is 21.9 Å². The highest BCUT2D eigenvalue weighted by atomic mass is 32.1. The Morgan fingerprint density at radius 3 is 2.42 bits per heavy atom. The maximum Gasteiger partial charge on any atom is 0.143 e. The molecular formula is C27H28N2O3S. The Bertz CT molecular complexity index is 1230. The summed E-state index contributed by atoms with van der Waals surface area (Å²) in [6.45, 7) is 4.01. The maximum absolute atomic E-state index is 9.92. The fourth-order valence-corrected chi connectivity index (χ4v) is 5.01. The average Bonchev–Trinajstić information content (AvgIpc) is 3.26. The molecule has 3 aromatic carbocycles. The second-order valence-corrected chi connectivity index (χ2v) is 9.32. The van der Waals surface area contributed by atoms with Gasteiger partial charge in [0, 0.05) is 23.1 Å². The summed E-state index contributed by atoms with van der Waals surface area (Å²) in [6, 6.07) is 19.0. The highest BCUT2D eigenvalue weighted by molar-refractivity contribution is 7.14. The van der Waals surface area contributed by atoms with E-state index in [9.17, 15) is 5.11 Å². The lowest BCUT2D eigenvalue weighted by molar-refractivity contribution is 0.183. The number of hydrogen-bond acceptors (Lipinski definition) is 6. The summed E-state index contributed by atoms with van der Waals surface area (Å²) in [6.07, 6.45) is 3.93. The molecule has 0 atom stereocenters. The molecule has 3 N–H and O–H groups in total. The Kier molecular flexibility index (Phi) is 6.37. The highest BCUT2D eigenvalue weighted by Crippen LogP contribution is 2.43. The number of rotatable bonds is 7. The topological polar surface area (TPSA) is 68.0 Å². The van der Waals surface area contributed by atoms with E-state index in [1.165, 1.54) is 43.7 Å². The van der Waals surface area contributed by atoms with E-state index < -0.39 is 0 Å². The molecule has 0 saturated carbocycles. The van der Waals surface area contributed by atoms with E-state index in [0.29, 0.717) is 12.4 Å². The molecule has 0 spiro atoms. The highest BCUT2D eigenvalue weighted by Gasteiger charge is 2.16. The summed E-state index contributed by atoms with van der Waals surface area (Å²) < 4.78 is 12.4. The van der Waals surface area contributed by atoms with Gasteiger partial charge in [-0.3, -0.25) is 4.90 Å². The first-order valence-corrected chi connectivity index (χ1v) is 12.3. The van der Waals surface area contributed by atoms with E-state index >= 15 is 0 Å². The molecule has 1 fully saturated rings. The smallest absolute Gasteiger partial charge is 0.143 e. The first-order valence-electron chi connectivity index (χ1n) is 11.4. The minimum Gasteiger partial charge on any atom is -0.508 e. The molecule has 0 bridgehead atoms. The van der Waals surface area contributed by atoms with Crippen molar-refractivity contribution in [3.05, 3.63) is 66.0 Å². The summed E-state index contributed by atoms with van der Waals surface area (Å²) >= 11 is 1.50. The lowest BCUT2D eigenvalue weighted by Crippen LogP contribution is -2.33. The summed E-state index contributed by atoms with van der Waals surface area (Å²) in [4.78, 5) is 2.47. The fourth-order valence-electron chi connectivity index (χ4n) is 4.35. The SMILES string of the molecule is Nc1sccc1-c1ccc2cc(O)ccc2c1Oc1ccc(OCCN2CCCCC2)cc1. The lowest BCUT2D eigenvalue weighted by atomic mass is 10.0. The molecule has 4 aromatic rings. The van der Waals surface area contributed by atoms with Crippen molar-refractivity contribution in [2.45, 2.75) is 19.3 Å². The van der Waals surface area contributed by atoms with Crippen LogP contribution in [0.5, 0.6) is 23.0 Å². The number of nitrogen functional groups attached to an aromatic ring is 1. The first-order chi connectivity index (χ1) is 16.2. The molecule has 1 aliphatic rings. The number of anilines is 1. The van der Waals surface area contributed by atoms with Crippen molar-refractivity contribution in [1.82, 2.24) is 4.90 Å². The summed E-state index contributed by atoms with van der Waals surface area (Å²) in [7, 11) is 0. The van der Waals surface area contributed by atoms with Crippen LogP contribution in [0.1, 0.15) is 19.3 Å². The van der Waals surface area contributed by atoms with E-state index in [2.05, 4.69) is 4.90 Å². The first kappa shape index (κ1) is 21.6. The van der Waals surface area contributed by atoms with Crippen LogP contribution in [0, 0.1) is 0 Å². The number of nitrogens with zero attached hydrogens (tertiary/aromatic N) is 1. The van der Waals surface area contributed by atoms with Gasteiger partial charge in [0.1, 0.15) is 29.6 Å². The van der Waals surface area contributed by atoms with Gasteiger partial charge in [0.25, 0.3) is 0 Å². The van der Waals surface area contributed by atoms with Crippen molar-refractivity contribution in [2.75, 3.05) is 32.0 Å². The Labute approximate surface area is 198 Å². The van der Waals surface area contributed by atoms with Gasteiger partial charge in [-0.2, -0.15) is 0 Å². The number of piperidine rings is 1. The molecule has 1 aromatic heterocycles. The van der Waals surface area contributed by atoms with Crippen LogP contribution in [0.2, 0.25) is 0 Å². The predicted octanol–water partition coefficient (Wildman–Crippen LogP) is 6.51. The molecule has 5 rings (SSSR count). The average molecular weight is 461 g/mol. The van der Waals surface area contributed by atoms with E-state index in [1.807, 2.05) is 53.9 Å². The molecule has 33 heavy (non-hydrogen) atoms. The monoisotopic (exact) mass is 460 g/mol. The van der Waals surface area contributed by atoms with Crippen LogP contribution in [0.15, 0.2) is 66.0 Å². The molecule has 1 aliphatic heterocycles. The number of benzene rings is 3. The van der Waals surface area contributed by atoms with Crippen molar-refractivity contribution in [3.8, 4) is 34.1 Å². The number of fused-ring (bicyclic) bond motifs is 1. The summed E-state index contributed by atoms with van der Waals surface area (Å²) in [5, 5.41) is 14.5. The van der Waals surface area contributed by atoms with Crippen LogP contribution in [0.4, 0.5) is 5.00 Å². The minimum atomic E-state index is 0.224. The number of aromatic hydroxyl groups is 1. The number of likely N-dealkylation sites (tertiary alicyclic amines) is 1. The van der Waals surface area contributed by atoms with Crippen LogP contribution in [-0.2, 0) is 0 Å².